The van der Waals surface area contributed by atoms with Gasteiger partial charge in [-0.3, -0.25) is 0 Å². The first kappa shape index (κ1) is 23.4. The van der Waals surface area contributed by atoms with Gasteiger partial charge < -0.3 is 23.7 Å². The van der Waals surface area contributed by atoms with Crippen LogP contribution in [0.3, 0.4) is 0 Å². The quantitative estimate of drug-likeness (QED) is 0.340. The summed E-state index contributed by atoms with van der Waals surface area (Å²) in [4.78, 5) is 37.4. The number of carbonyl (C=O) groups is 3. The summed E-state index contributed by atoms with van der Waals surface area (Å²) in [5.41, 5.74) is -0.215. The molecule has 0 atom stereocenters. The fraction of sp³-hybridized carbons (Fsp3) is 0.458. The molecule has 0 saturated heterocycles. The van der Waals surface area contributed by atoms with E-state index in [2.05, 4.69) is 0 Å². The highest BCUT2D eigenvalue weighted by atomic mass is 16.6. The SMILES string of the molecule is COc1cc(/C=C/C(=O)OC(=O)C2(OC(=O)C3=CCCCC3)CCC2)cc(OC)c1OC. The molecule has 172 valence electrons. The molecule has 1 aromatic rings. The lowest BCUT2D eigenvalue weighted by molar-refractivity contribution is -0.192. The molecule has 0 aliphatic heterocycles. The first-order chi connectivity index (χ1) is 15.4. The summed E-state index contributed by atoms with van der Waals surface area (Å²) >= 11 is 0. The van der Waals surface area contributed by atoms with E-state index in [1.807, 2.05) is 6.08 Å². The van der Waals surface area contributed by atoms with E-state index in [0.717, 1.165) is 31.8 Å². The van der Waals surface area contributed by atoms with Crippen molar-refractivity contribution in [1.29, 1.82) is 0 Å². The van der Waals surface area contributed by atoms with E-state index < -0.39 is 23.5 Å². The number of hydrogen-bond acceptors (Lipinski definition) is 8. The Balaban J connectivity index is 1.66. The van der Waals surface area contributed by atoms with Gasteiger partial charge in [0.25, 0.3) is 0 Å². The van der Waals surface area contributed by atoms with Crippen LogP contribution in [0, 0.1) is 0 Å². The molecule has 0 aromatic heterocycles. The smallest absolute Gasteiger partial charge is 0.358 e. The van der Waals surface area contributed by atoms with Crippen LogP contribution in [0.2, 0.25) is 0 Å². The lowest BCUT2D eigenvalue weighted by atomic mass is 9.80. The minimum atomic E-state index is -1.38. The van der Waals surface area contributed by atoms with Gasteiger partial charge in [0.15, 0.2) is 11.5 Å². The molecular weight excluding hydrogens is 416 g/mol. The predicted molar refractivity (Wildman–Crippen MR) is 115 cm³/mol. The second-order valence-corrected chi connectivity index (χ2v) is 7.71. The standard InChI is InChI=1S/C24H28O8/c1-28-18-14-16(15-19(29-2)21(18)30-3)10-11-20(25)31-23(27)24(12-7-13-24)32-22(26)17-8-5-4-6-9-17/h8,10-11,14-15H,4-7,9,12-13H2,1-3H3/b11-10+. The van der Waals surface area contributed by atoms with Gasteiger partial charge in [-0.15, -0.1) is 0 Å². The van der Waals surface area contributed by atoms with Gasteiger partial charge in [-0.05, 0) is 68.7 Å². The largest absolute Gasteiger partial charge is 0.493 e. The van der Waals surface area contributed by atoms with Gasteiger partial charge >= 0.3 is 17.9 Å². The maximum Gasteiger partial charge on any atom is 0.358 e. The number of esters is 3. The molecule has 2 aliphatic rings. The molecule has 8 nitrogen and oxygen atoms in total. The molecule has 3 rings (SSSR count). The van der Waals surface area contributed by atoms with Crippen molar-refractivity contribution in [1.82, 2.24) is 0 Å². The summed E-state index contributed by atoms with van der Waals surface area (Å²) in [5.74, 6) is -0.925. The molecule has 0 unspecified atom stereocenters. The normalized spacial score (nSPS) is 17.0. The van der Waals surface area contributed by atoms with Crippen molar-refractivity contribution in [3.63, 3.8) is 0 Å². The van der Waals surface area contributed by atoms with Crippen LogP contribution in [-0.4, -0.2) is 44.8 Å². The van der Waals surface area contributed by atoms with Crippen LogP contribution in [0.4, 0.5) is 0 Å². The maximum atomic E-state index is 12.6. The molecular formula is C24H28O8. The van der Waals surface area contributed by atoms with Crippen LogP contribution in [0.1, 0.15) is 50.5 Å². The number of carbonyl (C=O) groups excluding carboxylic acids is 3. The lowest BCUT2D eigenvalue weighted by Gasteiger charge is -2.38. The molecule has 0 radical (unpaired) electrons. The molecule has 2 aliphatic carbocycles. The van der Waals surface area contributed by atoms with E-state index in [1.54, 1.807) is 12.1 Å². The van der Waals surface area contributed by atoms with Crippen molar-refractivity contribution in [2.75, 3.05) is 21.3 Å². The van der Waals surface area contributed by atoms with Crippen molar-refractivity contribution in [3.8, 4) is 17.2 Å². The molecule has 0 amide bonds. The van der Waals surface area contributed by atoms with E-state index in [4.69, 9.17) is 23.7 Å². The molecule has 32 heavy (non-hydrogen) atoms. The number of benzene rings is 1. The van der Waals surface area contributed by atoms with Crippen LogP contribution in [0.15, 0.2) is 29.9 Å². The Morgan fingerprint density at radius 1 is 0.938 bits per heavy atom. The summed E-state index contributed by atoms with van der Waals surface area (Å²) in [5, 5.41) is 0. The zero-order chi connectivity index (χ0) is 23.1. The fourth-order valence-corrected chi connectivity index (χ4v) is 3.69. The summed E-state index contributed by atoms with van der Waals surface area (Å²) in [6, 6.07) is 3.31. The number of methoxy groups -OCH3 is 3. The summed E-state index contributed by atoms with van der Waals surface area (Å²) in [6.07, 6.45) is 9.27. The molecule has 0 spiro atoms. The minimum absolute atomic E-state index is 0.342. The predicted octanol–water partition coefficient (Wildman–Crippen LogP) is 3.76. The monoisotopic (exact) mass is 444 g/mol. The number of hydrogen-bond donors (Lipinski definition) is 0. The average molecular weight is 444 g/mol. The van der Waals surface area contributed by atoms with Crippen molar-refractivity contribution >= 4 is 24.0 Å². The summed E-state index contributed by atoms with van der Waals surface area (Å²) in [7, 11) is 4.47. The molecule has 0 N–H and O–H groups in total. The van der Waals surface area contributed by atoms with Crippen LogP contribution in [0.25, 0.3) is 6.08 Å². The van der Waals surface area contributed by atoms with Crippen LogP contribution in [0.5, 0.6) is 17.2 Å². The minimum Gasteiger partial charge on any atom is -0.493 e. The zero-order valence-corrected chi connectivity index (χ0v) is 18.6. The van der Waals surface area contributed by atoms with E-state index in [9.17, 15) is 14.4 Å². The molecule has 1 fully saturated rings. The van der Waals surface area contributed by atoms with Gasteiger partial charge in [-0.2, -0.15) is 0 Å². The van der Waals surface area contributed by atoms with E-state index in [0.29, 0.717) is 47.6 Å². The third-order valence-corrected chi connectivity index (χ3v) is 5.67. The second kappa shape index (κ2) is 10.3. The Morgan fingerprint density at radius 2 is 1.62 bits per heavy atom. The van der Waals surface area contributed by atoms with E-state index in [1.165, 1.54) is 27.4 Å². The number of ether oxygens (including phenoxy) is 5. The Morgan fingerprint density at radius 3 is 2.12 bits per heavy atom. The highest BCUT2D eigenvalue weighted by Crippen LogP contribution is 2.39. The Kier molecular flexibility index (Phi) is 7.56. The van der Waals surface area contributed by atoms with Crippen LogP contribution >= 0.6 is 0 Å². The van der Waals surface area contributed by atoms with Gasteiger partial charge in [0.2, 0.25) is 11.4 Å². The number of allylic oxidation sites excluding steroid dienone is 1. The Hall–Kier alpha value is -3.29. The molecule has 1 saturated carbocycles. The Bertz CT molecular complexity index is 914. The fourth-order valence-electron chi connectivity index (χ4n) is 3.69. The van der Waals surface area contributed by atoms with E-state index in [-0.39, 0.29) is 0 Å². The average Bonchev–Trinajstić information content (AvgIpc) is 2.79. The third-order valence-electron chi connectivity index (χ3n) is 5.67. The summed E-state index contributed by atoms with van der Waals surface area (Å²) < 4.78 is 26.3. The first-order valence-electron chi connectivity index (χ1n) is 10.6. The molecule has 0 bridgehead atoms. The van der Waals surface area contributed by atoms with Crippen LogP contribution in [-0.2, 0) is 23.9 Å². The molecule has 0 heterocycles. The van der Waals surface area contributed by atoms with Crippen LogP contribution < -0.4 is 14.2 Å². The molecule has 1 aromatic carbocycles. The second-order valence-electron chi connectivity index (χ2n) is 7.71. The van der Waals surface area contributed by atoms with Gasteiger partial charge in [-0.1, -0.05) is 6.08 Å². The van der Waals surface area contributed by atoms with Gasteiger partial charge in [0.05, 0.1) is 21.3 Å². The topological polar surface area (TPSA) is 97.4 Å². The Labute approximate surface area is 187 Å². The van der Waals surface area contributed by atoms with Gasteiger partial charge in [-0.25, -0.2) is 14.4 Å². The zero-order valence-electron chi connectivity index (χ0n) is 18.6. The van der Waals surface area contributed by atoms with E-state index >= 15 is 0 Å². The summed E-state index contributed by atoms with van der Waals surface area (Å²) in [6.45, 7) is 0. The van der Waals surface area contributed by atoms with Crippen molar-refractivity contribution in [2.24, 2.45) is 0 Å². The third kappa shape index (κ3) is 5.12. The number of rotatable bonds is 8. The molecule has 8 heteroatoms. The highest BCUT2D eigenvalue weighted by molar-refractivity contribution is 5.99. The van der Waals surface area contributed by atoms with Gasteiger partial charge in [0.1, 0.15) is 0 Å². The first-order valence-corrected chi connectivity index (χ1v) is 10.6. The highest BCUT2D eigenvalue weighted by Gasteiger charge is 2.50. The van der Waals surface area contributed by atoms with Crippen molar-refractivity contribution in [2.45, 2.75) is 50.5 Å². The maximum absolute atomic E-state index is 12.6. The van der Waals surface area contributed by atoms with Crippen molar-refractivity contribution in [3.05, 3.63) is 35.4 Å². The lowest BCUT2D eigenvalue weighted by Crippen LogP contribution is -2.50. The van der Waals surface area contributed by atoms with Gasteiger partial charge in [0, 0.05) is 11.6 Å². The van der Waals surface area contributed by atoms with Crippen molar-refractivity contribution < 1.29 is 38.1 Å².